The molecule has 1 unspecified atom stereocenters. The van der Waals surface area contributed by atoms with Gasteiger partial charge in [0, 0.05) is 10.5 Å². The summed E-state index contributed by atoms with van der Waals surface area (Å²) in [5.41, 5.74) is 4.29. The molecule has 0 fully saturated rings. The lowest BCUT2D eigenvalue weighted by Crippen LogP contribution is -2.36. The average molecular weight is 327 g/mol. The number of hydrazine groups is 1. The van der Waals surface area contributed by atoms with Crippen molar-refractivity contribution < 1.29 is 0 Å². The Bertz CT molecular complexity index is 341. The molecule has 0 radical (unpaired) electrons. The molecule has 1 rings (SSSR count). The van der Waals surface area contributed by atoms with Crippen molar-refractivity contribution in [3.63, 3.8) is 0 Å². The fourth-order valence-corrected chi connectivity index (χ4v) is 2.81. The standard InChI is InChI=1S/C16H27BrN2/c1-2-3-4-5-6-7-11-16(19-18)13-14-9-8-10-15(17)12-14/h8-10,12,16,19H,2-7,11,13,18H2,1H3. The van der Waals surface area contributed by atoms with E-state index in [1.165, 1.54) is 44.1 Å². The average Bonchev–Trinajstić information content (AvgIpc) is 2.41. The van der Waals surface area contributed by atoms with Crippen molar-refractivity contribution in [1.82, 2.24) is 5.43 Å². The molecular weight excluding hydrogens is 300 g/mol. The highest BCUT2D eigenvalue weighted by Crippen LogP contribution is 2.15. The lowest BCUT2D eigenvalue weighted by atomic mass is 10.00. The summed E-state index contributed by atoms with van der Waals surface area (Å²) in [7, 11) is 0. The number of hydrogen-bond donors (Lipinski definition) is 2. The molecule has 2 nitrogen and oxygen atoms in total. The minimum absolute atomic E-state index is 0.389. The van der Waals surface area contributed by atoms with E-state index in [1.54, 1.807) is 0 Å². The van der Waals surface area contributed by atoms with Crippen LogP contribution in [0.15, 0.2) is 28.7 Å². The summed E-state index contributed by atoms with van der Waals surface area (Å²) >= 11 is 3.51. The Morgan fingerprint density at radius 1 is 1.16 bits per heavy atom. The Morgan fingerprint density at radius 2 is 1.89 bits per heavy atom. The topological polar surface area (TPSA) is 38.0 Å². The van der Waals surface area contributed by atoms with Crippen molar-refractivity contribution in [2.24, 2.45) is 5.84 Å². The second kappa shape index (κ2) is 10.4. The molecule has 0 aliphatic rings. The molecule has 0 aliphatic carbocycles. The van der Waals surface area contributed by atoms with Crippen LogP contribution in [0.1, 0.15) is 57.4 Å². The first-order valence-electron chi connectivity index (χ1n) is 7.46. The smallest absolute Gasteiger partial charge is 0.0250 e. The first-order valence-corrected chi connectivity index (χ1v) is 8.26. The second-order valence-corrected chi connectivity index (χ2v) is 6.17. The van der Waals surface area contributed by atoms with Gasteiger partial charge in [-0.15, -0.1) is 0 Å². The summed E-state index contributed by atoms with van der Waals surface area (Å²) < 4.78 is 1.14. The maximum atomic E-state index is 5.66. The third-order valence-electron chi connectivity index (χ3n) is 3.51. The number of rotatable bonds is 10. The Morgan fingerprint density at radius 3 is 2.58 bits per heavy atom. The third kappa shape index (κ3) is 7.71. The van der Waals surface area contributed by atoms with Crippen molar-refractivity contribution in [2.75, 3.05) is 0 Å². The van der Waals surface area contributed by atoms with E-state index in [-0.39, 0.29) is 0 Å². The fraction of sp³-hybridized carbons (Fsp3) is 0.625. The van der Waals surface area contributed by atoms with Crippen LogP contribution in [0, 0.1) is 0 Å². The Hall–Kier alpha value is -0.380. The minimum atomic E-state index is 0.389. The van der Waals surface area contributed by atoms with Crippen LogP contribution < -0.4 is 11.3 Å². The van der Waals surface area contributed by atoms with E-state index in [4.69, 9.17) is 5.84 Å². The molecule has 3 heteroatoms. The van der Waals surface area contributed by atoms with Gasteiger partial charge in [0.15, 0.2) is 0 Å². The second-order valence-electron chi connectivity index (χ2n) is 5.25. The first-order chi connectivity index (χ1) is 9.26. The van der Waals surface area contributed by atoms with Crippen LogP contribution in [0.25, 0.3) is 0 Å². The molecule has 19 heavy (non-hydrogen) atoms. The van der Waals surface area contributed by atoms with E-state index in [9.17, 15) is 0 Å². The van der Waals surface area contributed by atoms with Gasteiger partial charge in [0.05, 0.1) is 0 Å². The van der Waals surface area contributed by atoms with E-state index in [0.717, 1.165) is 17.3 Å². The van der Waals surface area contributed by atoms with Crippen LogP contribution in [0.4, 0.5) is 0 Å². The van der Waals surface area contributed by atoms with E-state index < -0.39 is 0 Å². The number of hydrogen-bond acceptors (Lipinski definition) is 2. The van der Waals surface area contributed by atoms with Gasteiger partial charge in [0.2, 0.25) is 0 Å². The van der Waals surface area contributed by atoms with Gasteiger partial charge in [-0.3, -0.25) is 11.3 Å². The normalized spacial score (nSPS) is 12.6. The number of halogens is 1. The van der Waals surface area contributed by atoms with Crippen molar-refractivity contribution in [3.8, 4) is 0 Å². The fourth-order valence-electron chi connectivity index (χ4n) is 2.36. The van der Waals surface area contributed by atoms with Gasteiger partial charge < -0.3 is 0 Å². The van der Waals surface area contributed by atoms with Crippen LogP contribution in [0.3, 0.4) is 0 Å². The lowest BCUT2D eigenvalue weighted by molar-refractivity contribution is 0.459. The third-order valence-corrected chi connectivity index (χ3v) is 4.01. The maximum absolute atomic E-state index is 5.66. The predicted octanol–water partition coefficient (Wildman–Crippen LogP) is 4.57. The molecule has 1 aromatic rings. The van der Waals surface area contributed by atoms with E-state index in [1.807, 2.05) is 0 Å². The largest absolute Gasteiger partial charge is 0.271 e. The summed E-state index contributed by atoms with van der Waals surface area (Å²) in [5.74, 6) is 5.66. The van der Waals surface area contributed by atoms with Gasteiger partial charge >= 0.3 is 0 Å². The molecule has 0 aliphatic heterocycles. The van der Waals surface area contributed by atoms with Crippen LogP contribution >= 0.6 is 15.9 Å². The molecule has 3 N–H and O–H groups in total. The predicted molar refractivity (Wildman–Crippen MR) is 87.0 cm³/mol. The Labute approximate surface area is 126 Å². The minimum Gasteiger partial charge on any atom is -0.271 e. The highest BCUT2D eigenvalue weighted by Gasteiger charge is 2.07. The van der Waals surface area contributed by atoms with E-state index >= 15 is 0 Å². The van der Waals surface area contributed by atoms with Gasteiger partial charge in [0.25, 0.3) is 0 Å². The SMILES string of the molecule is CCCCCCCCC(Cc1cccc(Br)c1)NN. The van der Waals surface area contributed by atoms with Crippen molar-refractivity contribution in [1.29, 1.82) is 0 Å². The molecule has 0 saturated heterocycles. The molecule has 1 atom stereocenters. The Balaban J connectivity index is 2.22. The zero-order valence-electron chi connectivity index (χ0n) is 12.0. The van der Waals surface area contributed by atoms with Crippen LogP contribution in [0.5, 0.6) is 0 Å². The van der Waals surface area contributed by atoms with Crippen LogP contribution in [-0.4, -0.2) is 6.04 Å². The molecule has 0 saturated carbocycles. The highest BCUT2D eigenvalue weighted by molar-refractivity contribution is 9.10. The molecule has 0 spiro atoms. The van der Waals surface area contributed by atoms with Gasteiger partial charge in [-0.25, -0.2) is 0 Å². The van der Waals surface area contributed by atoms with Crippen LogP contribution in [-0.2, 0) is 6.42 Å². The summed E-state index contributed by atoms with van der Waals surface area (Å²) in [4.78, 5) is 0. The molecule has 0 aromatic heterocycles. The van der Waals surface area contributed by atoms with Crippen LogP contribution in [0.2, 0.25) is 0 Å². The molecule has 108 valence electrons. The first kappa shape index (κ1) is 16.7. The van der Waals surface area contributed by atoms with Gasteiger partial charge in [-0.2, -0.15) is 0 Å². The van der Waals surface area contributed by atoms with Gasteiger partial charge in [0.1, 0.15) is 0 Å². The number of nitrogens with two attached hydrogens (primary N) is 1. The van der Waals surface area contributed by atoms with E-state index in [2.05, 4.69) is 52.5 Å². The molecule has 0 amide bonds. The van der Waals surface area contributed by atoms with Crippen molar-refractivity contribution in [2.45, 2.75) is 64.3 Å². The van der Waals surface area contributed by atoms with Gasteiger partial charge in [-0.05, 0) is 30.5 Å². The molecule has 0 heterocycles. The molecule has 0 bridgehead atoms. The summed E-state index contributed by atoms with van der Waals surface area (Å²) in [5, 5.41) is 0. The molecular formula is C16H27BrN2. The number of nitrogens with one attached hydrogen (secondary N) is 1. The number of unbranched alkanes of at least 4 members (excludes halogenated alkanes) is 5. The lowest BCUT2D eigenvalue weighted by Gasteiger charge is -2.16. The Kier molecular flexibility index (Phi) is 9.14. The zero-order valence-corrected chi connectivity index (χ0v) is 13.6. The highest BCUT2D eigenvalue weighted by atomic mass is 79.9. The van der Waals surface area contributed by atoms with E-state index in [0.29, 0.717) is 6.04 Å². The number of benzene rings is 1. The summed E-state index contributed by atoms with van der Waals surface area (Å²) in [6.45, 7) is 2.26. The summed E-state index contributed by atoms with van der Waals surface area (Å²) in [6, 6.07) is 8.86. The monoisotopic (exact) mass is 326 g/mol. The van der Waals surface area contributed by atoms with Crippen molar-refractivity contribution in [3.05, 3.63) is 34.3 Å². The maximum Gasteiger partial charge on any atom is 0.0250 e. The summed E-state index contributed by atoms with van der Waals surface area (Å²) in [6.07, 6.45) is 10.2. The quantitative estimate of drug-likeness (QED) is 0.375. The zero-order chi connectivity index (χ0) is 13.9. The molecule has 1 aromatic carbocycles. The van der Waals surface area contributed by atoms with Crippen molar-refractivity contribution >= 4 is 15.9 Å². The van der Waals surface area contributed by atoms with Gasteiger partial charge in [-0.1, -0.05) is 73.5 Å².